The molecule has 0 atom stereocenters. The fourth-order valence-corrected chi connectivity index (χ4v) is 2.42. The number of unbranched alkanes of at least 4 members (excludes halogenated alkanes) is 1. The van der Waals surface area contributed by atoms with E-state index < -0.39 is 0 Å². The Bertz CT molecular complexity index is 603. The number of nitrogens with zero attached hydrogens (tertiary/aromatic N) is 2. The Kier molecular flexibility index (Phi) is 8.76. The maximum Gasteiger partial charge on any atom is 0.193 e. The molecular weight excluding hydrogens is 401 g/mol. The molecule has 4 nitrogen and oxygen atoms in total. The maximum atomic E-state index is 5.82. The van der Waals surface area contributed by atoms with Gasteiger partial charge in [-0.2, -0.15) is 0 Å². The Morgan fingerprint density at radius 2 is 2.17 bits per heavy atom. The summed E-state index contributed by atoms with van der Waals surface area (Å²) in [5.74, 6) is 1.92. The molecule has 0 saturated carbocycles. The number of guanidine groups is 1. The number of nitrogens with one attached hydrogen (secondary N) is 1. The molecule has 126 valence electrons. The molecule has 5 heteroatoms. The van der Waals surface area contributed by atoms with Crippen molar-refractivity contribution in [3.8, 4) is 0 Å². The Morgan fingerprint density at radius 3 is 2.87 bits per heavy atom. The molecule has 0 aliphatic rings. The van der Waals surface area contributed by atoms with Gasteiger partial charge in [0.1, 0.15) is 11.3 Å². The molecule has 0 saturated heterocycles. The van der Waals surface area contributed by atoms with Gasteiger partial charge in [-0.15, -0.1) is 30.6 Å². The molecule has 1 N–H and O–H groups in total. The molecule has 23 heavy (non-hydrogen) atoms. The Labute approximate surface area is 155 Å². The number of hydrogen-bond donors (Lipinski definition) is 1. The van der Waals surface area contributed by atoms with E-state index in [2.05, 4.69) is 41.0 Å². The van der Waals surface area contributed by atoms with Crippen LogP contribution in [0.1, 0.15) is 18.6 Å². The fraction of sp³-hybridized carbons (Fsp3) is 0.389. The van der Waals surface area contributed by atoms with Crippen molar-refractivity contribution in [3.63, 3.8) is 0 Å². The van der Waals surface area contributed by atoms with Crippen molar-refractivity contribution in [1.29, 1.82) is 0 Å². The van der Waals surface area contributed by atoms with Crippen molar-refractivity contribution in [2.45, 2.75) is 19.3 Å². The average Bonchev–Trinajstić information content (AvgIpc) is 2.94. The van der Waals surface area contributed by atoms with Crippen LogP contribution in [-0.4, -0.2) is 38.0 Å². The Hall–Kier alpha value is -1.50. The third-order valence-corrected chi connectivity index (χ3v) is 3.61. The number of allylic oxidation sites excluding steroid dienone is 1. The van der Waals surface area contributed by atoms with E-state index in [1.54, 1.807) is 0 Å². The SMILES string of the molecule is C=CCCCN(C)C(=NC)NCCc1cc2ccccc2o1.I. The Morgan fingerprint density at radius 1 is 1.39 bits per heavy atom. The van der Waals surface area contributed by atoms with E-state index >= 15 is 0 Å². The molecule has 0 fully saturated rings. The van der Waals surface area contributed by atoms with Crippen molar-refractivity contribution in [3.05, 3.63) is 48.7 Å². The van der Waals surface area contributed by atoms with E-state index in [0.29, 0.717) is 0 Å². The maximum absolute atomic E-state index is 5.82. The van der Waals surface area contributed by atoms with Crippen molar-refractivity contribution in [2.24, 2.45) is 4.99 Å². The molecule has 0 aliphatic heterocycles. The van der Waals surface area contributed by atoms with Crippen molar-refractivity contribution >= 4 is 40.9 Å². The van der Waals surface area contributed by atoms with Crippen LogP contribution in [0, 0.1) is 0 Å². The largest absolute Gasteiger partial charge is 0.461 e. The molecule has 0 amide bonds. The molecule has 1 aromatic heterocycles. The minimum atomic E-state index is 0. The number of fused-ring (bicyclic) bond motifs is 1. The molecule has 2 aromatic rings. The summed E-state index contributed by atoms with van der Waals surface area (Å²) in [6.45, 7) is 5.52. The van der Waals surface area contributed by atoms with Gasteiger partial charge in [0.15, 0.2) is 5.96 Å². The molecule has 0 spiro atoms. The van der Waals surface area contributed by atoms with Crippen LogP contribution in [0.3, 0.4) is 0 Å². The minimum Gasteiger partial charge on any atom is -0.461 e. The molecule has 1 aromatic carbocycles. The van der Waals surface area contributed by atoms with Crippen LogP contribution in [0.5, 0.6) is 0 Å². The molecule has 0 radical (unpaired) electrons. The molecule has 0 bridgehead atoms. The summed E-state index contributed by atoms with van der Waals surface area (Å²) in [5, 5.41) is 4.53. The molecule has 1 heterocycles. The normalized spacial score (nSPS) is 11.1. The van der Waals surface area contributed by atoms with Gasteiger partial charge in [-0.25, -0.2) is 0 Å². The van der Waals surface area contributed by atoms with Gasteiger partial charge in [0.05, 0.1) is 0 Å². The van der Waals surface area contributed by atoms with Crippen LogP contribution in [0.4, 0.5) is 0 Å². The highest BCUT2D eigenvalue weighted by Gasteiger charge is 2.06. The zero-order chi connectivity index (χ0) is 15.8. The zero-order valence-corrected chi connectivity index (χ0v) is 16.2. The summed E-state index contributed by atoms with van der Waals surface area (Å²) in [6.07, 6.45) is 4.91. The van der Waals surface area contributed by atoms with E-state index in [-0.39, 0.29) is 24.0 Å². The first-order chi connectivity index (χ1) is 10.7. The predicted octanol–water partition coefficient (Wildman–Crippen LogP) is 4.07. The number of rotatable bonds is 7. The molecular formula is C18H26IN3O. The second-order valence-corrected chi connectivity index (χ2v) is 5.33. The van der Waals surface area contributed by atoms with Gasteiger partial charge in [-0.05, 0) is 25.0 Å². The van der Waals surface area contributed by atoms with Gasteiger partial charge >= 0.3 is 0 Å². The van der Waals surface area contributed by atoms with E-state index in [1.165, 1.54) is 0 Å². The van der Waals surface area contributed by atoms with Crippen molar-refractivity contribution < 1.29 is 4.42 Å². The van der Waals surface area contributed by atoms with Gasteiger partial charge in [0.25, 0.3) is 0 Å². The lowest BCUT2D eigenvalue weighted by atomic mass is 10.2. The van der Waals surface area contributed by atoms with E-state index in [4.69, 9.17) is 4.42 Å². The van der Waals surface area contributed by atoms with Gasteiger partial charge in [-0.3, -0.25) is 4.99 Å². The average molecular weight is 427 g/mol. The van der Waals surface area contributed by atoms with Gasteiger partial charge in [0.2, 0.25) is 0 Å². The number of aliphatic imine (C=N–C) groups is 1. The number of para-hydroxylation sites is 1. The summed E-state index contributed by atoms with van der Waals surface area (Å²) >= 11 is 0. The highest BCUT2D eigenvalue weighted by Crippen LogP contribution is 2.18. The number of halogens is 1. The van der Waals surface area contributed by atoms with Gasteiger partial charge in [-0.1, -0.05) is 24.3 Å². The van der Waals surface area contributed by atoms with Crippen LogP contribution < -0.4 is 5.32 Å². The fourth-order valence-electron chi connectivity index (χ4n) is 2.42. The third-order valence-electron chi connectivity index (χ3n) is 3.61. The van der Waals surface area contributed by atoms with Crippen LogP contribution >= 0.6 is 24.0 Å². The minimum absolute atomic E-state index is 0. The number of benzene rings is 1. The standard InChI is InChI=1S/C18H25N3O.HI/c1-4-5-8-13-21(3)18(19-2)20-12-11-16-14-15-9-6-7-10-17(15)22-16;/h4,6-7,9-10,14H,1,5,8,11-13H2,2-3H3,(H,19,20);1H. The van der Waals surface area contributed by atoms with Gasteiger partial charge in [0, 0.05) is 39.0 Å². The highest BCUT2D eigenvalue weighted by atomic mass is 127. The topological polar surface area (TPSA) is 40.8 Å². The van der Waals surface area contributed by atoms with Crippen molar-refractivity contribution in [2.75, 3.05) is 27.2 Å². The predicted molar refractivity (Wildman–Crippen MR) is 109 cm³/mol. The smallest absolute Gasteiger partial charge is 0.193 e. The lowest BCUT2D eigenvalue weighted by Crippen LogP contribution is -2.40. The molecule has 2 rings (SSSR count). The first-order valence-corrected chi connectivity index (χ1v) is 7.74. The van der Waals surface area contributed by atoms with Crippen LogP contribution in [0.2, 0.25) is 0 Å². The summed E-state index contributed by atoms with van der Waals surface area (Å²) in [4.78, 5) is 6.46. The quantitative estimate of drug-likeness (QED) is 0.238. The van der Waals surface area contributed by atoms with Crippen LogP contribution in [-0.2, 0) is 6.42 Å². The lowest BCUT2D eigenvalue weighted by molar-refractivity contribution is 0.467. The monoisotopic (exact) mass is 427 g/mol. The Balaban J connectivity index is 0.00000264. The first kappa shape index (κ1) is 19.5. The second kappa shape index (κ2) is 10.3. The van der Waals surface area contributed by atoms with E-state index in [1.807, 2.05) is 31.3 Å². The van der Waals surface area contributed by atoms with Crippen LogP contribution in [0.25, 0.3) is 11.0 Å². The van der Waals surface area contributed by atoms with Gasteiger partial charge < -0.3 is 14.6 Å². The van der Waals surface area contributed by atoms with E-state index in [9.17, 15) is 0 Å². The lowest BCUT2D eigenvalue weighted by Gasteiger charge is -2.21. The summed E-state index contributed by atoms with van der Waals surface area (Å²) in [7, 11) is 3.87. The van der Waals surface area contributed by atoms with Crippen LogP contribution in [0.15, 0.2) is 52.4 Å². The summed E-state index contributed by atoms with van der Waals surface area (Å²) < 4.78 is 5.82. The highest BCUT2D eigenvalue weighted by molar-refractivity contribution is 14.0. The van der Waals surface area contributed by atoms with E-state index in [0.717, 1.165) is 55.0 Å². The van der Waals surface area contributed by atoms with Crippen molar-refractivity contribution in [1.82, 2.24) is 10.2 Å². The molecule has 0 unspecified atom stereocenters. The molecule has 0 aliphatic carbocycles. The number of hydrogen-bond acceptors (Lipinski definition) is 2. The third kappa shape index (κ3) is 5.89. The number of furan rings is 1. The second-order valence-electron chi connectivity index (χ2n) is 5.33. The zero-order valence-electron chi connectivity index (χ0n) is 13.9. The summed E-state index contributed by atoms with van der Waals surface area (Å²) in [5.41, 5.74) is 0.948. The first-order valence-electron chi connectivity index (χ1n) is 7.74. The summed E-state index contributed by atoms with van der Waals surface area (Å²) in [6, 6.07) is 10.2.